The van der Waals surface area contributed by atoms with E-state index < -0.39 is 0 Å². The van der Waals surface area contributed by atoms with Gasteiger partial charge in [0.15, 0.2) is 10.9 Å². The first-order valence-corrected chi connectivity index (χ1v) is 3.64. The highest BCUT2D eigenvalue weighted by Gasteiger charge is 2.21. The number of amidine groups is 1. The third-order valence-electron chi connectivity index (χ3n) is 1.25. The molecular weight excluding hydrogens is 180 g/mol. The number of azo groups is 1. The largest absolute Gasteiger partial charge is 0.321 e. The molecule has 0 aromatic heterocycles. The second kappa shape index (κ2) is 2.24. The van der Waals surface area contributed by atoms with E-state index in [-0.39, 0.29) is 0 Å². The van der Waals surface area contributed by atoms with Gasteiger partial charge < -0.3 is 5.32 Å². The van der Waals surface area contributed by atoms with Gasteiger partial charge in [-0.25, -0.2) is 0 Å². The molecule has 0 unspecified atom stereocenters. The summed E-state index contributed by atoms with van der Waals surface area (Å²) in [5, 5.41) is 10.5. The second-order valence-corrected chi connectivity index (χ2v) is 2.75. The number of nitrogens with one attached hydrogen (secondary N) is 1. The maximum atomic E-state index is 4.95. The van der Waals surface area contributed by atoms with Crippen LogP contribution in [0.3, 0.4) is 0 Å². The molecule has 0 radical (unpaired) electrons. The molecule has 0 spiro atoms. The number of rotatable bonds is 0. The Kier molecular flexibility index (Phi) is 1.36. The summed E-state index contributed by atoms with van der Waals surface area (Å²) in [7, 11) is 0. The number of fused-ring (bicyclic) bond motifs is 1. The molecule has 2 rings (SSSR count). The van der Waals surface area contributed by atoms with Gasteiger partial charge in [0.2, 0.25) is 0 Å². The molecule has 0 amide bonds. The van der Waals surface area contributed by atoms with Gasteiger partial charge >= 0.3 is 0 Å². The second-order valence-electron chi connectivity index (χ2n) is 1.95. The Morgan fingerprint density at radius 1 is 1.36 bits per heavy atom. The van der Waals surface area contributed by atoms with E-state index in [1.165, 1.54) is 0 Å². The van der Waals surface area contributed by atoms with Crippen molar-refractivity contribution in [3.05, 3.63) is 11.8 Å². The lowest BCUT2D eigenvalue weighted by atomic mass is 10.2. The van der Waals surface area contributed by atoms with Crippen molar-refractivity contribution in [1.82, 2.24) is 5.32 Å². The van der Waals surface area contributed by atoms with Crippen LogP contribution in [-0.2, 0) is 0 Å². The molecule has 2 heterocycles. The van der Waals surface area contributed by atoms with Crippen LogP contribution in [0.25, 0.3) is 0 Å². The Morgan fingerprint density at radius 3 is 3.00 bits per heavy atom. The first-order chi connectivity index (χ1) is 5.27. The summed E-state index contributed by atoms with van der Waals surface area (Å²) < 4.78 is 0. The van der Waals surface area contributed by atoms with Crippen molar-refractivity contribution < 1.29 is 0 Å². The molecular formula is C5H2N4S2. The average Bonchev–Trinajstić information content (AvgIpc) is 2.34. The highest BCUT2D eigenvalue weighted by atomic mass is 32.1. The van der Waals surface area contributed by atoms with E-state index in [0.717, 1.165) is 5.57 Å². The number of thiocarbonyl (C=S) groups is 2. The summed E-state index contributed by atoms with van der Waals surface area (Å²) in [5.41, 5.74) is 0.744. The number of hydrogen-bond acceptors (Lipinski definition) is 4. The first-order valence-electron chi connectivity index (χ1n) is 2.83. The van der Waals surface area contributed by atoms with Gasteiger partial charge in [-0.05, 0) is 12.2 Å². The monoisotopic (exact) mass is 182 g/mol. The lowest BCUT2D eigenvalue weighted by Crippen LogP contribution is -2.34. The zero-order valence-corrected chi connectivity index (χ0v) is 6.87. The molecule has 6 heteroatoms. The summed E-state index contributed by atoms with van der Waals surface area (Å²) >= 11 is 9.74. The predicted molar refractivity (Wildman–Crippen MR) is 48.7 cm³/mol. The van der Waals surface area contributed by atoms with Gasteiger partial charge in [-0.2, -0.15) is 10.1 Å². The van der Waals surface area contributed by atoms with E-state index in [1.807, 2.05) is 0 Å². The van der Waals surface area contributed by atoms with Gasteiger partial charge in [0.1, 0.15) is 4.99 Å². The van der Waals surface area contributed by atoms with Crippen molar-refractivity contribution in [1.29, 1.82) is 0 Å². The van der Waals surface area contributed by atoms with E-state index in [9.17, 15) is 0 Å². The summed E-state index contributed by atoms with van der Waals surface area (Å²) in [5.74, 6) is 0.513. The number of hydrogen-bond donors (Lipinski definition) is 1. The highest BCUT2D eigenvalue weighted by Crippen LogP contribution is 2.13. The van der Waals surface area contributed by atoms with Crippen LogP contribution in [0, 0.1) is 0 Å². The van der Waals surface area contributed by atoms with E-state index in [4.69, 9.17) is 24.4 Å². The number of aliphatic imine (C=N–C) groups is 1. The highest BCUT2D eigenvalue weighted by molar-refractivity contribution is 7.82. The molecule has 0 fully saturated rings. The Hall–Kier alpha value is -1.01. The summed E-state index contributed by atoms with van der Waals surface area (Å²) in [6, 6.07) is 0. The lowest BCUT2D eigenvalue weighted by molar-refractivity contribution is 1.31. The normalized spacial score (nSPS) is 20.7. The van der Waals surface area contributed by atoms with Crippen LogP contribution in [-0.4, -0.2) is 15.9 Å². The number of nitrogens with zero attached hydrogens (tertiary/aromatic N) is 3. The Balaban J connectivity index is 2.53. The summed E-state index contributed by atoms with van der Waals surface area (Å²) in [6.45, 7) is 0. The van der Waals surface area contributed by atoms with E-state index in [0.29, 0.717) is 15.9 Å². The Morgan fingerprint density at radius 2 is 2.18 bits per heavy atom. The van der Waals surface area contributed by atoms with Gasteiger partial charge in [0.25, 0.3) is 0 Å². The van der Waals surface area contributed by atoms with Crippen LogP contribution in [0.4, 0.5) is 0 Å². The van der Waals surface area contributed by atoms with Gasteiger partial charge in [0, 0.05) is 0 Å². The van der Waals surface area contributed by atoms with Crippen LogP contribution in [0.1, 0.15) is 0 Å². The molecule has 11 heavy (non-hydrogen) atoms. The van der Waals surface area contributed by atoms with Gasteiger partial charge in [-0.15, -0.1) is 5.11 Å². The third kappa shape index (κ3) is 0.997. The van der Waals surface area contributed by atoms with Gasteiger partial charge in [-0.3, -0.25) is 0 Å². The SMILES string of the molecule is S=C1N=C2N=NC=C2C(=S)N1. The summed E-state index contributed by atoms with van der Waals surface area (Å²) in [6.07, 6.45) is 1.57. The lowest BCUT2D eigenvalue weighted by Gasteiger charge is -2.11. The summed E-state index contributed by atoms with van der Waals surface area (Å²) in [4.78, 5) is 4.46. The van der Waals surface area contributed by atoms with Crippen molar-refractivity contribution in [2.75, 3.05) is 0 Å². The topological polar surface area (TPSA) is 49.1 Å². The molecule has 0 bridgehead atoms. The molecule has 0 atom stereocenters. The maximum absolute atomic E-state index is 4.95. The van der Waals surface area contributed by atoms with Crippen LogP contribution >= 0.6 is 24.4 Å². The molecule has 0 saturated carbocycles. The molecule has 2 aliphatic heterocycles. The van der Waals surface area contributed by atoms with Crippen molar-refractivity contribution in [2.24, 2.45) is 15.2 Å². The Bertz CT molecular complexity index is 338. The Labute approximate surface area is 73.1 Å². The maximum Gasteiger partial charge on any atom is 0.200 e. The zero-order valence-electron chi connectivity index (χ0n) is 5.24. The molecule has 0 aromatic carbocycles. The van der Waals surface area contributed by atoms with Crippen molar-refractivity contribution in [2.45, 2.75) is 0 Å². The van der Waals surface area contributed by atoms with Crippen molar-refractivity contribution in [3.63, 3.8) is 0 Å². The fourth-order valence-electron chi connectivity index (χ4n) is 0.784. The van der Waals surface area contributed by atoms with Crippen LogP contribution < -0.4 is 5.32 Å². The van der Waals surface area contributed by atoms with Crippen molar-refractivity contribution in [3.8, 4) is 0 Å². The quantitative estimate of drug-likeness (QED) is 0.567. The fraction of sp³-hybridized carbons (Fsp3) is 0. The minimum Gasteiger partial charge on any atom is -0.321 e. The predicted octanol–water partition coefficient (Wildman–Crippen LogP) is 0.950. The van der Waals surface area contributed by atoms with E-state index in [1.54, 1.807) is 6.20 Å². The average molecular weight is 182 g/mol. The zero-order chi connectivity index (χ0) is 7.84. The van der Waals surface area contributed by atoms with E-state index >= 15 is 0 Å². The first kappa shape index (κ1) is 6.68. The third-order valence-corrected chi connectivity index (χ3v) is 1.77. The van der Waals surface area contributed by atoms with Crippen molar-refractivity contribution >= 4 is 40.4 Å². The molecule has 0 saturated heterocycles. The van der Waals surface area contributed by atoms with E-state index in [2.05, 4.69) is 20.5 Å². The minimum absolute atomic E-state index is 0.350. The smallest absolute Gasteiger partial charge is 0.200 e. The van der Waals surface area contributed by atoms with Gasteiger partial charge in [0.05, 0.1) is 11.8 Å². The van der Waals surface area contributed by atoms with Crippen LogP contribution in [0.15, 0.2) is 27.0 Å². The van der Waals surface area contributed by atoms with Crippen LogP contribution in [0.2, 0.25) is 0 Å². The minimum atomic E-state index is 0.350. The fourth-order valence-corrected chi connectivity index (χ4v) is 1.28. The molecule has 4 nitrogen and oxygen atoms in total. The molecule has 0 aliphatic carbocycles. The van der Waals surface area contributed by atoms with Crippen LogP contribution in [0.5, 0.6) is 0 Å². The molecule has 0 aromatic rings. The molecule has 54 valence electrons. The molecule has 1 N–H and O–H groups in total. The standard InChI is InChI=1S/C5H2N4S2/c10-4-2-1-6-9-3(2)7-5(11)8-4/h1H,(H,8,10,11). The van der Waals surface area contributed by atoms with Gasteiger partial charge in [-0.1, -0.05) is 12.2 Å². The molecule has 2 aliphatic rings.